The minimum absolute atomic E-state index is 0.0788. The minimum Gasteiger partial charge on any atom is -0.493 e. The van der Waals surface area contributed by atoms with Crippen LogP contribution in [0.3, 0.4) is 0 Å². The van der Waals surface area contributed by atoms with E-state index in [1.807, 2.05) is 30.3 Å². The molecule has 1 unspecified atom stereocenters. The Morgan fingerprint density at radius 1 is 1.00 bits per heavy atom. The zero-order chi connectivity index (χ0) is 24.4. The molecular formula is C24H30F2N2O5. The molecule has 0 saturated carbocycles. The Bertz CT molecular complexity index is 917. The number of nitrogens with one attached hydrogen (secondary N) is 2. The van der Waals surface area contributed by atoms with Crippen molar-refractivity contribution < 1.29 is 32.6 Å². The third kappa shape index (κ3) is 9.34. The third-order valence-corrected chi connectivity index (χ3v) is 4.45. The van der Waals surface area contributed by atoms with E-state index in [4.69, 9.17) is 9.47 Å². The predicted molar refractivity (Wildman–Crippen MR) is 120 cm³/mol. The lowest BCUT2D eigenvalue weighted by atomic mass is 10.1. The van der Waals surface area contributed by atoms with Crippen LogP contribution in [0, 0.1) is 0 Å². The van der Waals surface area contributed by atoms with E-state index in [0.29, 0.717) is 12.0 Å². The van der Waals surface area contributed by atoms with E-state index in [0.717, 1.165) is 5.56 Å². The fourth-order valence-electron chi connectivity index (χ4n) is 3.03. The van der Waals surface area contributed by atoms with Crippen molar-refractivity contribution in [2.45, 2.75) is 51.9 Å². The molecule has 0 heterocycles. The molecule has 0 aliphatic rings. The summed E-state index contributed by atoms with van der Waals surface area (Å²) in [6, 6.07) is 13.1. The first kappa shape index (κ1) is 25.9. The van der Waals surface area contributed by atoms with Crippen molar-refractivity contribution in [1.29, 1.82) is 0 Å². The molecule has 0 radical (unpaired) electrons. The zero-order valence-corrected chi connectivity index (χ0v) is 19.2. The highest BCUT2D eigenvalue weighted by atomic mass is 19.3. The molecule has 0 bridgehead atoms. The van der Waals surface area contributed by atoms with E-state index in [2.05, 4.69) is 15.4 Å². The summed E-state index contributed by atoms with van der Waals surface area (Å²) in [6.07, 6.45) is -0.0526. The van der Waals surface area contributed by atoms with Crippen LogP contribution in [0.5, 0.6) is 11.5 Å². The monoisotopic (exact) mass is 464 g/mol. The normalized spacial score (nSPS) is 12.1. The average Bonchev–Trinajstić information content (AvgIpc) is 2.72. The van der Waals surface area contributed by atoms with E-state index < -0.39 is 24.3 Å². The quantitative estimate of drug-likeness (QED) is 0.553. The molecule has 0 aliphatic heterocycles. The largest absolute Gasteiger partial charge is 0.493 e. The Balaban J connectivity index is 2.02. The molecule has 2 aromatic carbocycles. The SMILES string of the molecule is COc1ccc(CCNC(=O)C(Cc2ccccc2)NC(=O)OC(C)(C)C)cc1OC(F)F. The average molecular weight is 465 g/mol. The van der Waals surface area contributed by atoms with Crippen LogP contribution >= 0.6 is 0 Å². The van der Waals surface area contributed by atoms with Gasteiger partial charge >= 0.3 is 12.7 Å². The molecule has 2 amide bonds. The Hall–Kier alpha value is -3.36. The van der Waals surface area contributed by atoms with Crippen LogP contribution in [-0.2, 0) is 22.4 Å². The number of ether oxygens (including phenoxy) is 3. The second-order valence-electron chi connectivity index (χ2n) is 8.29. The maximum atomic E-state index is 12.8. The summed E-state index contributed by atoms with van der Waals surface area (Å²) in [5.41, 5.74) is 0.841. The lowest BCUT2D eigenvalue weighted by Gasteiger charge is -2.23. The van der Waals surface area contributed by atoms with Gasteiger partial charge in [0.1, 0.15) is 11.6 Å². The number of alkyl carbamates (subject to hydrolysis) is 1. The van der Waals surface area contributed by atoms with Crippen LogP contribution in [0.15, 0.2) is 48.5 Å². The van der Waals surface area contributed by atoms with Crippen molar-refractivity contribution in [3.8, 4) is 11.5 Å². The van der Waals surface area contributed by atoms with Crippen molar-refractivity contribution in [2.24, 2.45) is 0 Å². The van der Waals surface area contributed by atoms with Crippen molar-refractivity contribution in [1.82, 2.24) is 10.6 Å². The molecule has 0 saturated heterocycles. The Morgan fingerprint density at radius 2 is 1.70 bits per heavy atom. The number of methoxy groups -OCH3 is 1. The molecule has 0 aromatic heterocycles. The molecule has 2 N–H and O–H groups in total. The van der Waals surface area contributed by atoms with Crippen LogP contribution in [0.2, 0.25) is 0 Å². The van der Waals surface area contributed by atoms with E-state index in [9.17, 15) is 18.4 Å². The molecule has 2 rings (SSSR count). The molecule has 2 aromatic rings. The molecule has 0 spiro atoms. The van der Waals surface area contributed by atoms with Crippen molar-refractivity contribution in [3.63, 3.8) is 0 Å². The third-order valence-electron chi connectivity index (χ3n) is 4.45. The van der Waals surface area contributed by atoms with Gasteiger partial charge in [-0.25, -0.2) is 4.79 Å². The Morgan fingerprint density at radius 3 is 2.30 bits per heavy atom. The number of hydrogen-bond acceptors (Lipinski definition) is 5. The van der Waals surface area contributed by atoms with Crippen LogP contribution in [0.25, 0.3) is 0 Å². The summed E-state index contributed by atoms with van der Waals surface area (Å²) in [5.74, 6) is -0.278. The minimum atomic E-state index is -2.98. The maximum absolute atomic E-state index is 12.8. The number of hydrogen-bond donors (Lipinski definition) is 2. The van der Waals surface area contributed by atoms with Crippen LogP contribution in [-0.4, -0.2) is 43.9 Å². The van der Waals surface area contributed by atoms with E-state index in [1.54, 1.807) is 26.8 Å². The summed E-state index contributed by atoms with van der Waals surface area (Å²) in [5, 5.41) is 5.40. The summed E-state index contributed by atoms with van der Waals surface area (Å²) in [6.45, 7) is 2.45. The van der Waals surface area contributed by atoms with Crippen LogP contribution in [0.1, 0.15) is 31.9 Å². The zero-order valence-electron chi connectivity index (χ0n) is 19.2. The highest BCUT2D eigenvalue weighted by Crippen LogP contribution is 2.29. The summed E-state index contributed by atoms with van der Waals surface area (Å²) in [4.78, 5) is 25.1. The van der Waals surface area contributed by atoms with Crippen molar-refractivity contribution >= 4 is 12.0 Å². The second kappa shape index (κ2) is 12.0. The topological polar surface area (TPSA) is 85.9 Å². The van der Waals surface area contributed by atoms with Gasteiger partial charge in [-0.3, -0.25) is 4.79 Å². The first-order valence-corrected chi connectivity index (χ1v) is 10.5. The maximum Gasteiger partial charge on any atom is 0.408 e. The van der Waals surface area contributed by atoms with Gasteiger partial charge in [0.05, 0.1) is 7.11 Å². The first-order valence-electron chi connectivity index (χ1n) is 10.5. The van der Waals surface area contributed by atoms with Gasteiger partial charge < -0.3 is 24.8 Å². The summed E-state index contributed by atoms with van der Waals surface area (Å²) < 4.78 is 40.0. The van der Waals surface area contributed by atoms with Gasteiger partial charge in [0.2, 0.25) is 5.91 Å². The standard InChI is InChI=1S/C24H30F2N2O5/c1-24(2,3)33-23(30)28-18(14-16-8-6-5-7-9-16)21(29)27-13-12-17-10-11-19(31-4)20(15-17)32-22(25)26/h5-11,15,18,22H,12-14H2,1-4H3,(H,27,29)(H,28,30). The second-order valence-corrected chi connectivity index (χ2v) is 8.29. The van der Waals surface area contributed by atoms with Gasteiger partial charge in [-0.2, -0.15) is 8.78 Å². The van der Waals surface area contributed by atoms with Gasteiger partial charge in [0.15, 0.2) is 11.5 Å². The Labute approximate surface area is 192 Å². The predicted octanol–water partition coefficient (Wildman–Crippen LogP) is 4.09. The molecule has 33 heavy (non-hydrogen) atoms. The van der Waals surface area contributed by atoms with Crippen molar-refractivity contribution in [3.05, 3.63) is 59.7 Å². The molecule has 1 atom stereocenters. The van der Waals surface area contributed by atoms with Gasteiger partial charge in [0, 0.05) is 13.0 Å². The lowest BCUT2D eigenvalue weighted by Crippen LogP contribution is -2.49. The van der Waals surface area contributed by atoms with E-state index in [-0.39, 0.29) is 30.4 Å². The summed E-state index contributed by atoms with van der Waals surface area (Å²) >= 11 is 0. The highest BCUT2D eigenvalue weighted by molar-refractivity contribution is 5.86. The number of amides is 2. The van der Waals surface area contributed by atoms with Gasteiger partial charge in [-0.05, 0) is 50.5 Å². The molecule has 7 nitrogen and oxygen atoms in total. The first-order chi connectivity index (χ1) is 15.6. The van der Waals surface area contributed by atoms with Gasteiger partial charge in [-0.1, -0.05) is 36.4 Å². The van der Waals surface area contributed by atoms with E-state index in [1.165, 1.54) is 19.2 Å². The number of benzene rings is 2. The fourth-order valence-corrected chi connectivity index (χ4v) is 3.03. The molecule has 9 heteroatoms. The van der Waals surface area contributed by atoms with Gasteiger partial charge in [-0.15, -0.1) is 0 Å². The Kier molecular flexibility index (Phi) is 9.44. The molecule has 0 aliphatic carbocycles. The van der Waals surface area contributed by atoms with Crippen LogP contribution in [0.4, 0.5) is 13.6 Å². The number of alkyl halides is 2. The van der Waals surface area contributed by atoms with Crippen molar-refractivity contribution in [2.75, 3.05) is 13.7 Å². The molecule has 0 fully saturated rings. The fraction of sp³-hybridized carbons (Fsp3) is 0.417. The molecule has 180 valence electrons. The molecular weight excluding hydrogens is 434 g/mol. The smallest absolute Gasteiger partial charge is 0.408 e. The number of carbonyl (C=O) groups excluding carboxylic acids is 2. The lowest BCUT2D eigenvalue weighted by molar-refractivity contribution is -0.123. The highest BCUT2D eigenvalue weighted by Gasteiger charge is 2.24. The van der Waals surface area contributed by atoms with Gasteiger partial charge in [0.25, 0.3) is 0 Å². The summed E-state index contributed by atoms with van der Waals surface area (Å²) in [7, 11) is 1.36. The number of carbonyl (C=O) groups is 2. The number of rotatable bonds is 10. The van der Waals surface area contributed by atoms with E-state index >= 15 is 0 Å². The van der Waals surface area contributed by atoms with Crippen LogP contribution < -0.4 is 20.1 Å². The number of halogens is 2.